The third kappa shape index (κ3) is 4.38. The Labute approximate surface area is 191 Å². The number of pyridine rings is 1. The molecule has 1 amide bonds. The average Bonchev–Trinajstić information content (AvgIpc) is 3.31. The zero-order chi connectivity index (χ0) is 21.8. The van der Waals surface area contributed by atoms with E-state index in [0.717, 1.165) is 57.0 Å². The van der Waals surface area contributed by atoms with Gasteiger partial charge < -0.3 is 15.0 Å². The highest BCUT2D eigenvalue weighted by molar-refractivity contribution is 7.18. The fourth-order valence-corrected chi connectivity index (χ4v) is 5.23. The number of benzene rings is 2. The summed E-state index contributed by atoms with van der Waals surface area (Å²) in [6.45, 7) is 3.68. The summed E-state index contributed by atoms with van der Waals surface area (Å²) in [5, 5.41) is 5.37. The Hall–Kier alpha value is -3.22. The van der Waals surface area contributed by atoms with Gasteiger partial charge in [-0.25, -0.2) is 0 Å². The minimum absolute atomic E-state index is 0.0279. The molecule has 2 aromatic heterocycles. The summed E-state index contributed by atoms with van der Waals surface area (Å²) in [6, 6.07) is 22.5. The van der Waals surface area contributed by atoms with Crippen molar-refractivity contribution in [2.45, 2.75) is 6.42 Å². The van der Waals surface area contributed by atoms with Crippen LogP contribution in [0.4, 0.5) is 5.00 Å². The molecule has 1 aliphatic heterocycles. The van der Waals surface area contributed by atoms with Gasteiger partial charge in [-0.3, -0.25) is 9.78 Å². The van der Waals surface area contributed by atoms with Crippen molar-refractivity contribution in [3.05, 3.63) is 83.4 Å². The molecular weight excluding hydrogens is 418 g/mol. The van der Waals surface area contributed by atoms with Gasteiger partial charge in [-0.15, -0.1) is 11.3 Å². The van der Waals surface area contributed by atoms with Gasteiger partial charge in [0.2, 0.25) is 0 Å². The van der Waals surface area contributed by atoms with Crippen molar-refractivity contribution in [1.82, 2.24) is 10.3 Å². The van der Waals surface area contributed by atoms with Crippen LogP contribution in [-0.4, -0.2) is 43.7 Å². The third-order valence-electron chi connectivity index (χ3n) is 5.72. The zero-order valence-electron chi connectivity index (χ0n) is 17.8. The molecule has 4 aromatic rings. The van der Waals surface area contributed by atoms with E-state index < -0.39 is 0 Å². The average molecular weight is 444 g/mol. The smallest absolute Gasteiger partial charge is 0.261 e. The van der Waals surface area contributed by atoms with Crippen molar-refractivity contribution in [2.24, 2.45) is 0 Å². The molecule has 1 N–H and O–H groups in total. The van der Waals surface area contributed by atoms with Crippen molar-refractivity contribution in [3.8, 4) is 11.1 Å². The largest absolute Gasteiger partial charge is 0.378 e. The van der Waals surface area contributed by atoms with Gasteiger partial charge in [0, 0.05) is 36.8 Å². The first-order valence-electron chi connectivity index (χ1n) is 10.9. The number of amides is 1. The van der Waals surface area contributed by atoms with Crippen LogP contribution in [0.25, 0.3) is 22.0 Å². The number of carbonyl (C=O) groups is 1. The molecule has 0 bridgehead atoms. The number of para-hydroxylation sites is 1. The quantitative estimate of drug-likeness (QED) is 0.466. The van der Waals surface area contributed by atoms with Crippen LogP contribution in [0.5, 0.6) is 0 Å². The Morgan fingerprint density at radius 3 is 2.69 bits per heavy atom. The molecule has 1 aliphatic rings. The minimum Gasteiger partial charge on any atom is -0.378 e. The van der Waals surface area contributed by atoms with E-state index in [4.69, 9.17) is 4.74 Å². The highest BCUT2D eigenvalue weighted by Gasteiger charge is 2.21. The Morgan fingerprint density at radius 1 is 1.03 bits per heavy atom. The Morgan fingerprint density at radius 2 is 1.84 bits per heavy atom. The number of fused-ring (bicyclic) bond motifs is 1. The van der Waals surface area contributed by atoms with Crippen LogP contribution in [0.1, 0.15) is 15.2 Å². The fourth-order valence-electron chi connectivity index (χ4n) is 4.09. The maximum atomic E-state index is 13.0. The Balaban J connectivity index is 1.33. The molecular formula is C26H25N3O2S. The van der Waals surface area contributed by atoms with E-state index in [1.165, 1.54) is 0 Å². The number of carbonyl (C=O) groups excluding carboxylic acids is 1. The monoisotopic (exact) mass is 443 g/mol. The number of ether oxygens (including phenoxy) is 1. The van der Waals surface area contributed by atoms with Crippen LogP contribution in [0.15, 0.2) is 72.9 Å². The molecule has 0 atom stereocenters. The summed E-state index contributed by atoms with van der Waals surface area (Å²) in [4.78, 5) is 20.6. The van der Waals surface area contributed by atoms with Crippen LogP contribution < -0.4 is 10.2 Å². The predicted octanol–water partition coefficient (Wildman–Crippen LogP) is 4.77. The lowest BCUT2D eigenvalue weighted by atomic mass is 10.1. The second-order valence-electron chi connectivity index (χ2n) is 7.79. The number of morpholine rings is 1. The van der Waals surface area contributed by atoms with E-state index in [0.29, 0.717) is 19.8 Å². The first-order chi connectivity index (χ1) is 15.8. The number of hydrogen-bond donors (Lipinski definition) is 1. The first-order valence-corrected chi connectivity index (χ1v) is 11.7. The molecule has 5 rings (SSSR count). The summed E-state index contributed by atoms with van der Waals surface area (Å²) in [7, 11) is 0. The normalized spacial score (nSPS) is 13.9. The SMILES string of the molecule is O=C(NCCc1cccc2cccnc12)c1cc(-c2ccccc2)c(N2CCOCC2)s1. The number of aromatic nitrogens is 1. The summed E-state index contributed by atoms with van der Waals surface area (Å²) in [6.07, 6.45) is 2.56. The van der Waals surface area contributed by atoms with Crippen molar-refractivity contribution >= 4 is 33.1 Å². The van der Waals surface area contributed by atoms with E-state index in [-0.39, 0.29) is 5.91 Å². The van der Waals surface area contributed by atoms with Crippen molar-refractivity contribution in [3.63, 3.8) is 0 Å². The van der Waals surface area contributed by atoms with Crippen LogP contribution in [-0.2, 0) is 11.2 Å². The maximum Gasteiger partial charge on any atom is 0.261 e. The second kappa shape index (κ2) is 9.51. The molecule has 1 fully saturated rings. The lowest BCUT2D eigenvalue weighted by Crippen LogP contribution is -2.35. The molecule has 0 aliphatic carbocycles. The number of nitrogens with zero attached hydrogens (tertiary/aromatic N) is 2. The van der Waals surface area contributed by atoms with E-state index in [1.807, 2.05) is 42.6 Å². The van der Waals surface area contributed by atoms with Crippen LogP contribution in [0.3, 0.4) is 0 Å². The van der Waals surface area contributed by atoms with Gasteiger partial charge in [0.05, 0.1) is 28.6 Å². The number of anilines is 1. The summed E-state index contributed by atoms with van der Waals surface area (Å²) in [5.41, 5.74) is 4.39. The highest BCUT2D eigenvalue weighted by atomic mass is 32.1. The van der Waals surface area contributed by atoms with Crippen molar-refractivity contribution < 1.29 is 9.53 Å². The molecule has 0 unspecified atom stereocenters. The predicted molar refractivity (Wildman–Crippen MR) is 131 cm³/mol. The van der Waals surface area contributed by atoms with Gasteiger partial charge in [0.1, 0.15) is 0 Å². The van der Waals surface area contributed by atoms with Gasteiger partial charge in [-0.2, -0.15) is 0 Å². The maximum absolute atomic E-state index is 13.0. The van der Waals surface area contributed by atoms with E-state index >= 15 is 0 Å². The molecule has 0 saturated carbocycles. The topological polar surface area (TPSA) is 54.5 Å². The molecule has 6 heteroatoms. The van der Waals surface area contributed by atoms with Crippen LogP contribution in [0.2, 0.25) is 0 Å². The highest BCUT2D eigenvalue weighted by Crippen LogP contribution is 2.39. The van der Waals surface area contributed by atoms with Gasteiger partial charge in [0.15, 0.2) is 0 Å². The third-order valence-corrected chi connectivity index (χ3v) is 6.91. The summed E-state index contributed by atoms with van der Waals surface area (Å²) >= 11 is 1.56. The standard InChI is InChI=1S/C26H25N3O2S/c30-25(28-13-11-21-9-4-8-20-10-5-12-27-24(20)21)23-18-22(19-6-2-1-3-7-19)26(32-23)29-14-16-31-17-15-29/h1-10,12,18H,11,13-17H2,(H,28,30). The molecule has 32 heavy (non-hydrogen) atoms. The van der Waals surface area contributed by atoms with E-state index in [1.54, 1.807) is 11.3 Å². The summed E-state index contributed by atoms with van der Waals surface area (Å²) in [5.74, 6) is -0.0279. The Bertz CT molecular complexity index is 1210. The molecule has 2 aromatic carbocycles. The first kappa shape index (κ1) is 20.7. The Kier molecular flexibility index (Phi) is 6.14. The van der Waals surface area contributed by atoms with Crippen molar-refractivity contribution in [1.29, 1.82) is 0 Å². The molecule has 5 nitrogen and oxygen atoms in total. The summed E-state index contributed by atoms with van der Waals surface area (Å²) < 4.78 is 5.53. The lowest BCUT2D eigenvalue weighted by Gasteiger charge is -2.28. The molecule has 0 spiro atoms. The van der Waals surface area contributed by atoms with Crippen molar-refractivity contribution in [2.75, 3.05) is 37.7 Å². The van der Waals surface area contributed by atoms with E-state index in [9.17, 15) is 4.79 Å². The van der Waals surface area contributed by atoms with Gasteiger partial charge in [-0.05, 0) is 29.7 Å². The molecule has 162 valence electrons. The number of rotatable bonds is 6. The van der Waals surface area contributed by atoms with Crippen LogP contribution >= 0.6 is 11.3 Å². The number of hydrogen-bond acceptors (Lipinski definition) is 5. The zero-order valence-corrected chi connectivity index (χ0v) is 18.6. The van der Waals surface area contributed by atoms with Crippen LogP contribution in [0, 0.1) is 0 Å². The number of thiophene rings is 1. The fraction of sp³-hybridized carbons (Fsp3) is 0.231. The second-order valence-corrected chi connectivity index (χ2v) is 8.82. The minimum atomic E-state index is -0.0279. The van der Waals surface area contributed by atoms with E-state index in [2.05, 4.69) is 45.5 Å². The van der Waals surface area contributed by atoms with Gasteiger partial charge >= 0.3 is 0 Å². The number of nitrogens with one attached hydrogen (secondary N) is 1. The molecule has 3 heterocycles. The van der Waals surface area contributed by atoms with Gasteiger partial charge in [0.25, 0.3) is 5.91 Å². The molecule has 0 radical (unpaired) electrons. The lowest BCUT2D eigenvalue weighted by molar-refractivity contribution is 0.0958. The van der Waals surface area contributed by atoms with Gasteiger partial charge in [-0.1, -0.05) is 54.6 Å². The molecule has 1 saturated heterocycles.